The summed E-state index contributed by atoms with van der Waals surface area (Å²) in [6.45, 7) is 1.96. The molecule has 2 heterocycles. The number of rotatable bonds is 4. The fourth-order valence-corrected chi connectivity index (χ4v) is 2.87. The first-order valence-corrected chi connectivity index (χ1v) is 6.99. The SMILES string of the molecule is Cc1csc(CC(O)Cc2cncc(Br)c2)n1. The van der Waals surface area contributed by atoms with Gasteiger partial charge in [0.25, 0.3) is 0 Å². The molecule has 17 heavy (non-hydrogen) atoms. The maximum absolute atomic E-state index is 9.98. The van der Waals surface area contributed by atoms with Gasteiger partial charge in [-0.1, -0.05) is 0 Å². The van der Waals surface area contributed by atoms with Gasteiger partial charge in [0.15, 0.2) is 0 Å². The summed E-state index contributed by atoms with van der Waals surface area (Å²) in [6, 6.07) is 1.98. The van der Waals surface area contributed by atoms with Crippen molar-refractivity contribution in [2.45, 2.75) is 25.9 Å². The van der Waals surface area contributed by atoms with Gasteiger partial charge < -0.3 is 5.11 Å². The number of aliphatic hydroxyl groups excluding tert-OH is 1. The number of hydrogen-bond acceptors (Lipinski definition) is 4. The molecule has 2 aromatic heterocycles. The minimum atomic E-state index is -0.406. The average molecular weight is 313 g/mol. The summed E-state index contributed by atoms with van der Waals surface area (Å²) in [6.07, 6.45) is 4.31. The Balaban J connectivity index is 1.95. The Hall–Kier alpha value is -0.780. The quantitative estimate of drug-likeness (QED) is 0.944. The van der Waals surface area contributed by atoms with Gasteiger partial charge >= 0.3 is 0 Å². The van der Waals surface area contributed by atoms with Crippen molar-refractivity contribution >= 4 is 27.3 Å². The van der Waals surface area contributed by atoms with Crippen LogP contribution in [0.1, 0.15) is 16.3 Å². The van der Waals surface area contributed by atoms with E-state index >= 15 is 0 Å². The third-order valence-electron chi connectivity index (χ3n) is 2.31. The molecule has 0 aliphatic rings. The second-order valence-corrected chi connectivity index (χ2v) is 5.81. The van der Waals surface area contributed by atoms with Crippen molar-refractivity contribution in [2.75, 3.05) is 0 Å². The molecule has 90 valence electrons. The molecule has 0 spiro atoms. The van der Waals surface area contributed by atoms with Crippen LogP contribution < -0.4 is 0 Å². The first kappa shape index (κ1) is 12.7. The summed E-state index contributed by atoms with van der Waals surface area (Å²) in [5.41, 5.74) is 2.04. The van der Waals surface area contributed by atoms with Crippen LogP contribution in [0.25, 0.3) is 0 Å². The molecule has 2 rings (SSSR count). The highest BCUT2D eigenvalue weighted by atomic mass is 79.9. The van der Waals surface area contributed by atoms with Crippen molar-refractivity contribution in [3.05, 3.63) is 44.6 Å². The Morgan fingerprint density at radius 2 is 2.24 bits per heavy atom. The number of aromatic nitrogens is 2. The number of aryl methyl sites for hydroxylation is 1. The molecular formula is C12H13BrN2OS. The van der Waals surface area contributed by atoms with Crippen molar-refractivity contribution in [3.8, 4) is 0 Å². The molecule has 1 N–H and O–H groups in total. The van der Waals surface area contributed by atoms with Gasteiger partial charge in [0.1, 0.15) is 0 Å². The monoisotopic (exact) mass is 312 g/mol. The summed E-state index contributed by atoms with van der Waals surface area (Å²) in [7, 11) is 0. The molecule has 0 saturated carbocycles. The Kier molecular flexibility index (Phi) is 4.25. The predicted octanol–water partition coefficient (Wildman–Crippen LogP) is 2.76. The molecule has 0 fully saturated rings. The number of pyridine rings is 1. The molecule has 0 aromatic carbocycles. The number of aliphatic hydroxyl groups is 1. The maximum Gasteiger partial charge on any atom is 0.0954 e. The second kappa shape index (κ2) is 5.71. The predicted molar refractivity (Wildman–Crippen MR) is 72.2 cm³/mol. The van der Waals surface area contributed by atoms with Crippen LogP contribution in [0.15, 0.2) is 28.3 Å². The Labute approximate surface area is 113 Å². The van der Waals surface area contributed by atoms with Crippen LogP contribution in [0.5, 0.6) is 0 Å². The molecule has 5 heteroatoms. The van der Waals surface area contributed by atoms with Crippen molar-refractivity contribution in [1.29, 1.82) is 0 Å². The van der Waals surface area contributed by atoms with E-state index in [0.717, 1.165) is 20.7 Å². The first-order chi connectivity index (χ1) is 8.13. The molecule has 3 nitrogen and oxygen atoms in total. The lowest BCUT2D eigenvalue weighted by Crippen LogP contribution is -2.14. The zero-order valence-electron chi connectivity index (χ0n) is 9.43. The van der Waals surface area contributed by atoms with Crippen molar-refractivity contribution in [1.82, 2.24) is 9.97 Å². The van der Waals surface area contributed by atoms with E-state index in [1.807, 2.05) is 18.4 Å². The van der Waals surface area contributed by atoms with Gasteiger partial charge in [0, 0.05) is 40.8 Å². The van der Waals surface area contributed by atoms with Gasteiger partial charge in [-0.15, -0.1) is 11.3 Å². The van der Waals surface area contributed by atoms with E-state index in [4.69, 9.17) is 0 Å². The zero-order valence-corrected chi connectivity index (χ0v) is 11.8. The summed E-state index contributed by atoms with van der Waals surface area (Å²) < 4.78 is 0.937. The summed E-state index contributed by atoms with van der Waals surface area (Å²) in [5, 5.41) is 13.0. The van der Waals surface area contributed by atoms with Crippen molar-refractivity contribution < 1.29 is 5.11 Å². The van der Waals surface area contributed by atoms with Crippen molar-refractivity contribution in [2.24, 2.45) is 0 Å². The highest BCUT2D eigenvalue weighted by molar-refractivity contribution is 9.10. The Bertz CT molecular complexity index is 501. The van der Waals surface area contributed by atoms with Gasteiger partial charge in [-0.25, -0.2) is 4.98 Å². The fraction of sp³-hybridized carbons (Fsp3) is 0.333. The van der Waals surface area contributed by atoms with Gasteiger partial charge in [0.2, 0.25) is 0 Å². The highest BCUT2D eigenvalue weighted by Crippen LogP contribution is 2.15. The molecule has 1 atom stereocenters. The third kappa shape index (κ3) is 3.87. The number of nitrogens with zero attached hydrogens (tertiary/aromatic N) is 2. The Morgan fingerprint density at radius 3 is 2.88 bits per heavy atom. The molecule has 0 amide bonds. The fourth-order valence-electron chi connectivity index (χ4n) is 1.61. The Morgan fingerprint density at radius 1 is 1.41 bits per heavy atom. The lowest BCUT2D eigenvalue weighted by molar-refractivity contribution is 0.175. The van der Waals surface area contributed by atoms with Crippen LogP contribution in [0.3, 0.4) is 0 Å². The van der Waals surface area contributed by atoms with Gasteiger partial charge in [-0.2, -0.15) is 0 Å². The molecule has 2 aromatic rings. The summed E-state index contributed by atoms with van der Waals surface area (Å²) in [5.74, 6) is 0. The second-order valence-electron chi connectivity index (χ2n) is 3.96. The van der Waals surface area contributed by atoms with Crippen LogP contribution in [-0.2, 0) is 12.8 Å². The van der Waals surface area contributed by atoms with E-state index in [2.05, 4.69) is 25.9 Å². The van der Waals surface area contributed by atoms with E-state index < -0.39 is 6.10 Å². The lowest BCUT2D eigenvalue weighted by Gasteiger charge is -2.08. The molecule has 0 bridgehead atoms. The van der Waals surface area contributed by atoms with Gasteiger partial charge in [0.05, 0.1) is 11.1 Å². The highest BCUT2D eigenvalue weighted by Gasteiger charge is 2.09. The van der Waals surface area contributed by atoms with Gasteiger partial charge in [-0.05, 0) is 34.5 Å². The van der Waals surface area contributed by atoms with Crippen LogP contribution in [0, 0.1) is 6.92 Å². The zero-order chi connectivity index (χ0) is 12.3. The standard InChI is InChI=1S/C12H13BrN2OS/c1-8-7-17-12(15-8)4-11(16)3-9-2-10(13)6-14-5-9/h2,5-7,11,16H,3-4H2,1H3. The summed E-state index contributed by atoms with van der Waals surface area (Å²) >= 11 is 4.96. The number of thiazole rings is 1. The lowest BCUT2D eigenvalue weighted by atomic mass is 10.1. The molecule has 0 aliphatic heterocycles. The largest absolute Gasteiger partial charge is 0.392 e. The van der Waals surface area contributed by atoms with Crippen LogP contribution in [-0.4, -0.2) is 21.2 Å². The van der Waals surface area contributed by atoms with Crippen LogP contribution >= 0.6 is 27.3 Å². The smallest absolute Gasteiger partial charge is 0.0954 e. The normalized spacial score (nSPS) is 12.6. The van der Waals surface area contributed by atoms with E-state index in [0.29, 0.717) is 12.8 Å². The first-order valence-electron chi connectivity index (χ1n) is 5.32. The molecule has 0 aliphatic carbocycles. The third-order valence-corrected chi connectivity index (χ3v) is 3.73. The van der Waals surface area contributed by atoms with Gasteiger partial charge in [-0.3, -0.25) is 4.98 Å². The summed E-state index contributed by atoms with van der Waals surface area (Å²) in [4.78, 5) is 8.42. The van der Waals surface area contributed by atoms with E-state index in [-0.39, 0.29) is 0 Å². The number of halogens is 1. The van der Waals surface area contributed by atoms with E-state index in [1.54, 1.807) is 23.7 Å². The topological polar surface area (TPSA) is 46.0 Å². The van der Waals surface area contributed by atoms with Crippen LogP contribution in [0.4, 0.5) is 0 Å². The van der Waals surface area contributed by atoms with E-state index in [9.17, 15) is 5.11 Å². The van der Waals surface area contributed by atoms with E-state index in [1.165, 1.54) is 0 Å². The molecule has 1 unspecified atom stereocenters. The maximum atomic E-state index is 9.98. The minimum Gasteiger partial charge on any atom is -0.392 e. The minimum absolute atomic E-state index is 0.406. The van der Waals surface area contributed by atoms with Crippen molar-refractivity contribution in [3.63, 3.8) is 0 Å². The molecule has 0 saturated heterocycles. The molecular weight excluding hydrogens is 300 g/mol. The average Bonchev–Trinajstić information content (AvgIpc) is 2.63. The number of hydrogen-bond donors (Lipinski definition) is 1. The van der Waals surface area contributed by atoms with Crippen LogP contribution in [0.2, 0.25) is 0 Å². The molecule has 0 radical (unpaired) electrons.